The van der Waals surface area contributed by atoms with Crippen LogP contribution >= 0.6 is 0 Å². The second-order valence-electron chi connectivity index (χ2n) is 7.11. The van der Waals surface area contributed by atoms with Crippen LogP contribution in [0.2, 0.25) is 0 Å². The van der Waals surface area contributed by atoms with Crippen molar-refractivity contribution in [3.63, 3.8) is 0 Å². The first kappa shape index (κ1) is 21.1. The molecule has 0 amide bonds. The van der Waals surface area contributed by atoms with Gasteiger partial charge in [-0.15, -0.1) is 0 Å². The topological polar surface area (TPSA) is 170 Å². The lowest BCUT2D eigenvalue weighted by molar-refractivity contribution is -0.277. The molecule has 10 heteroatoms. The number of benzene rings is 2. The molecule has 31 heavy (non-hydrogen) atoms. The van der Waals surface area contributed by atoms with Gasteiger partial charge in [-0.1, -0.05) is 30.3 Å². The highest BCUT2D eigenvalue weighted by molar-refractivity contribution is 5.88. The van der Waals surface area contributed by atoms with E-state index in [1.165, 1.54) is 0 Å². The average molecular weight is 432 g/mol. The summed E-state index contributed by atoms with van der Waals surface area (Å²) in [5.74, 6) is -1.40. The van der Waals surface area contributed by atoms with Crippen molar-refractivity contribution in [3.05, 3.63) is 52.7 Å². The van der Waals surface area contributed by atoms with E-state index >= 15 is 0 Å². The van der Waals surface area contributed by atoms with Crippen molar-refractivity contribution in [2.24, 2.45) is 0 Å². The molecule has 2 aromatic carbocycles. The smallest absolute Gasteiger partial charge is 0.239 e. The van der Waals surface area contributed by atoms with Gasteiger partial charge in [0.1, 0.15) is 46.9 Å². The van der Waals surface area contributed by atoms with Gasteiger partial charge in [0, 0.05) is 17.7 Å². The maximum Gasteiger partial charge on any atom is 0.239 e. The van der Waals surface area contributed by atoms with Crippen LogP contribution in [-0.2, 0) is 4.74 Å². The SMILES string of the molecule is O=c1c(O[C@@H]2O[C@H](CO)[C@@H](O)[C@H](O)[C@H]2O)c(-c2ccccc2)oc2cc(O)cc(O)c12. The fourth-order valence-corrected chi connectivity index (χ4v) is 3.44. The quantitative estimate of drug-likeness (QED) is 0.331. The van der Waals surface area contributed by atoms with Gasteiger partial charge in [-0.25, -0.2) is 0 Å². The van der Waals surface area contributed by atoms with Gasteiger partial charge in [0.05, 0.1) is 6.61 Å². The summed E-state index contributed by atoms with van der Waals surface area (Å²) in [6, 6.07) is 10.4. The number of ether oxygens (including phenoxy) is 2. The monoisotopic (exact) mass is 432 g/mol. The predicted octanol–water partition coefficient (Wildman–Crippen LogP) is 0.0499. The fourth-order valence-electron chi connectivity index (χ4n) is 3.44. The van der Waals surface area contributed by atoms with Crippen molar-refractivity contribution in [2.75, 3.05) is 6.61 Å². The molecule has 3 aromatic rings. The third-order valence-corrected chi connectivity index (χ3v) is 5.04. The zero-order valence-corrected chi connectivity index (χ0v) is 16.0. The van der Waals surface area contributed by atoms with Crippen LogP contribution in [0.1, 0.15) is 0 Å². The molecule has 4 rings (SSSR count). The molecule has 1 aromatic heterocycles. The van der Waals surface area contributed by atoms with Crippen LogP contribution < -0.4 is 10.2 Å². The van der Waals surface area contributed by atoms with Crippen LogP contribution in [0.3, 0.4) is 0 Å². The summed E-state index contributed by atoms with van der Waals surface area (Å²) in [5, 5.41) is 59.3. The predicted molar refractivity (Wildman–Crippen MR) is 106 cm³/mol. The molecule has 0 spiro atoms. The average Bonchev–Trinajstić information content (AvgIpc) is 2.75. The van der Waals surface area contributed by atoms with Gasteiger partial charge < -0.3 is 44.5 Å². The van der Waals surface area contributed by atoms with Crippen LogP contribution in [0.5, 0.6) is 17.2 Å². The minimum Gasteiger partial charge on any atom is -0.508 e. The van der Waals surface area contributed by atoms with Gasteiger partial charge in [0.2, 0.25) is 17.5 Å². The molecule has 0 aliphatic carbocycles. The summed E-state index contributed by atoms with van der Waals surface area (Å²) in [6.45, 7) is -0.678. The molecule has 1 aliphatic heterocycles. The molecule has 10 nitrogen and oxygen atoms in total. The lowest BCUT2D eigenvalue weighted by Crippen LogP contribution is -2.60. The molecule has 0 radical (unpaired) electrons. The number of phenols is 2. The van der Waals surface area contributed by atoms with E-state index in [2.05, 4.69) is 0 Å². The molecule has 0 saturated carbocycles. The van der Waals surface area contributed by atoms with Crippen molar-refractivity contribution in [2.45, 2.75) is 30.7 Å². The van der Waals surface area contributed by atoms with E-state index in [0.717, 1.165) is 12.1 Å². The van der Waals surface area contributed by atoms with E-state index in [1.807, 2.05) is 0 Å². The van der Waals surface area contributed by atoms with Gasteiger partial charge >= 0.3 is 0 Å². The molecule has 164 valence electrons. The fraction of sp³-hybridized carbons (Fsp3) is 0.286. The summed E-state index contributed by atoms with van der Waals surface area (Å²) in [5.41, 5.74) is -0.527. The Bertz CT molecular complexity index is 1140. The zero-order valence-electron chi connectivity index (χ0n) is 16.0. The largest absolute Gasteiger partial charge is 0.508 e. The molecular formula is C21H20O10. The Balaban J connectivity index is 1.88. The Morgan fingerprint density at radius 3 is 2.35 bits per heavy atom. The number of hydrogen-bond acceptors (Lipinski definition) is 10. The van der Waals surface area contributed by atoms with Gasteiger partial charge in [0.25, 0.3) is 0 Å². The first-order valence-corrected chi connectivity index (χ1v) is 9.37. The van der Waals surface area contributed by atoms with Crippen LogP contribution in [-0.4, -0.2) is 68.0 Å². The third kappa shape index (κ3) is 3.71. The number of fused-ring (bicyclic) bond motifs is 1. The first-order valence-electron chi connectivity index (χ1n) is 9.37. The Hall–Kier alpha value is -3.15. The number of rotatable bonds is 4. The summed E-state index contributed by atoms with van der Waals surface area (Å²) in [7, 11) is 0. The molecular weight excluding hydrogens is 412 g/mol. The van der Waals surface area contributed by atoms with Crippen molar-refractivity contribution >= 4 is 11.0 Å². The summed E-state index contributed by atoms with van der Waals surface area (Å²) >= 11 is 0. The molecule has 5 atom stereocenters. The maximum absolute atomic E-state index is 13.2. The van der Waals surface area contributed by atoms with E-state index < -0.39 is 54.2 Å². The molecule has 2 heterocycles. The molecule has 0 unspecified atom stereocenters. The lowest BCUT2D eigenvalue weighted by Gasteiger charge is -2.39. The summed E-state index contributed by atoms with van der Waals surface area (Å²) in [4.78, 5) is 13.2. The Morgan fingerprint density at radius 1 is 0.968 bits per heavy atom. The highest BCUT2D eigenvalue weighted by Gasteiger charge is 2.45. The van der Waals surface area contributed by atoms with E-state index in [1.54, 1.807) is 30.3 Å². The van der Waals surface area contributed by atoms with E-state index in [9.17, 15) is 35.4 Å². The van der Waals surface area contributed by atoms with Gasteiger partial charge in [-0.3, -0.25) is 4.79 Å². The summed E-state index contributed by atoms with van der Waals surface area (Å²) < 4.78 is 16.7. The van der Waals surface area contributed by atoms with Crippen molar-refractivity contribution in [1.29, 1.82) is 0 Å². The standard InChI is InChI=1S/C21H20O10/c22-8-13-15(25)17(27)18(28)21(30-13)31-20-16(26)14-11(24)6-10(23)7-12(14)29-19(20)9-4-2-1-3-5-9/h1-7,13,15,17-18,21-25,27-28H,8H2/t13-,15-,17+,18-,21+/m1/s1. The molecule has 6 N–H and O–H groups in total. The maximum atomic E-state index is 13.2. The normalized spacial score (nSPS) is 26.1. The minimum atomic E-state index is -1.76. The van der Waals surface area contributed by atoms with Crippen LogP contribution in [0.4, 0.5) is 0 Å². The van der Waals surface area contributed by atoms with Gasteiger partial charge in [-0.2, -0.15) is 0 Å². The van der Waals surface area contributed by atoms with E-state index in [4.69, 9.17) is 13.9 Å². The van der Waals surface area contributed by atoms with E-state index in [0.29, 0.717) is 5.56 Å². The minimum absolute atomic E-state index is 0.0833. The third-order valence-electron chi connectivity index (χ3n) is 5.04. The van der Waals surface area contributed by atoms with Crippen LogP contribution in [0.25, 0.3) is 22.3 Å². The van der Waals surface area contributed by atoms with Gasteiger partial charge in [0.15, 0.2) is 5.76 Å². The second kappa shape index (κ2) is 8.17. The molecule has 1 saturated heterocycles. The van der Waals surface area contributed by atoms with Crippen molar-refractivity contribution in [3.8, 4) is 28.6 Å². The second-order valence-corrected chi connectivity index (χ2v) is 7.11. The zero-order chi connectivity index (χ0) is 22.3. The molecule has 0 bridgehead atoms. The molecule has 1 aliphatic rings. The van der Waals surface area contributed by atoms with Crippen LogP contribution in [0, 0.1) is 0 Å². The highest BCUT2D eigenvalue weighted by Crippen LogP contribution is 2.36. The van der Waals surface area contributed by atoms with Gasteiger partial charge in [-0.05, 0) is 0 Å². The number of aliphatic hydroxyl groups excluding tert-OH is 4. The van der Waals surface area contributed by atoms with Crippen molar-refractivity contribution in [1.82, 2.24) is 0 Å². The van der Waals surface area contributed by atoms with Crippen LogP contribution in [0.15, 0.2) is 51.7 Å². The number of phenolic OH excluding ortho intramolecular Hbond substituents is 2. The van der Waals surface area contributed by atoms with Crippen molar-refractivity contribution < 1.29 is 44.5 Å². The Morgan fingerprint density at radius 2 is 1.68 bits per heavy atom. The first-order chi connectivity index (χ1) is 14.8. The highest BCUT2D eigenvalue weighted by atomic mass is 16.7. The van der Waals surface area contributed by atoms with E-state index in [-0.39, 0.29) is 22.5 Å². The number of aliphatic hydroxyl groups is 4. The number of hydrogen-bond donors (Lipinski definition) is 6. The summed E-state index contributed by atoms with van der Waals surface area (Å²) in [6.07, 6.45) is -7.97. The lowest BCUT2D eigenvalue weighted by atomic mass is 9.99. The Labute approximate surface area is 174 Å². The molecule has 1 fully saturated rings. The number of aromatic hydroxyl groups is 2. The Kier molecular flexibility index (Phi) is 5.56.